The molecule has 3 unspecified atom stereocenters. The van der Waals surface area contributed by atoms with Gasteiger partial charge in [0.2, 0.25) is 0 Å². The van der Waals surface area contributed by atoms with Gasteiger partial charge >= 0.3 is 12.0 Å². The maximum Gasteiger partial charge on any atom is 0.318 e. The van der Waals surface area contributed by atoms with Crippen LogP contribution in [-0.2, 0) is 9.53 Å². The minimum Gasteiger partial charge on any atom is -0.481 e. The molecule has 0 aromatic heterocycles. The van der Waals surface area contributed by atoms with Crippen molar-refractivity contribution in [2.75, 3.05) is 13.2 Å². The first-order valence-electron chi connectivity index (χ1n) is 7.55. The average molecular weight is 300 g/mol. The summed E-state index contributed by atoms with van der Waals surface area (Å²) in [6.45, 7) is 10.8. The van der Waals surface area contributed by atoms with Crippen LogP contribution in [0.15, 0.2) is 0 Å². The molecule has 0 bridgehead atoms. The summed E-state index contributed by atoms with van der Waals surface area (Å²) in [6.07, 6.45) is 0.747. The van der Waals surface area contributed by atoms with Crippen molar-refractivity contribution < 1.29 is 19.4 Å². The van der Waals surface area contributed by atoms with E-state index in [9.17, 15) is 9.59 Å². The zero-order valence-corrected chi connectivity index (χ0v) is 13.7. The monoisotopic (exact) mass is 300 g/mol. The van der Waals surface area contributed by atoms with Crippen molar-refractivity contribution in [3.8, 4) is 0 Å². The number of ether oxygens (including phenoxy) is 1. The van der Waals surface area contributed by atoms with Crippen molar-refractivity contribution in [1.29, 1.82) is 0 Å². The van der Waals surface area contributed by atoms with Crippen molar-refractivity contribution in [3.05, 3.63) is 0 Å². The van der Waals surface area contributed by atoms with Gasteiger partial charge in [-0.3, -0.25) is 4.79 Å². The molecular formula is C15H28N2O4. The van der Waals surface area contributed by atoms with Gasteiger partial charge in [0.1, 0.15) is 0 Å². The van der Waals surface area contributed by atoms with Gasteiger partial charge in [-0.05, 0) is 18.8 Å². The molecule has 122 valence electrons. The van der Waals surface area contributed by atoms with E-state index in [0.29, 0.717) is 13.2 Å². The summed E-state index contributed by atoms with van der Waals surface area (Å²) in [5.41, 5.74) is -0.312. The molecule has 1 aliphatic heterocycles. The minimum atomic E-state index is -0.905. The first-order chi connectivity index (χ1) is 9.65. The normalized spacial score (nSPS) is 24.5. The summed E-state index contributed by atoms with van der Waals surface area (Å²) in [5.74, 6) is -0.905. The number of carboxylic acid groups (broad SMARTS) is 1. The summed E-state index contributed by atoms with van der Waals surface area (Å²) in [5, 5.41) is 11.9. The molecule has 0 aromatic rings. The second-order valence-electron chi connectivity index (χ2n) is 6.82. The Morgan fingerprint density at radius 1 is 1.43 bits per heavy atom. The van der Waals surface area contributed by atoms with E-state index in [1.165, 1.54) is 0 Å². The molecule has 1 heterocycles. The predicted octanol–water partition coefficient (Wildman–Crippen LogP) is 2.08. The van der Waals surface area contributed by atoms with Gasteiger partial charge in [0.25, 0.3) is 0 Å². The van der Waals surface area contributed by atoms with Gasteiger partial charge in [0.05, 0.1) is 25.2 Å². The predicted molar refractivity (Wildman–Crippen MR) is 80.2 cm³/mol. The number of carbonyl (C=O) groups is 2. The minimum absolute atomic E-state index is 0.00566. The third kappa shape index (κ3) is 5.19. The number of carboxylic acids is 1. The number of morpholine rings is 1. The Balaban J connectivity index is 2.77. The second-order valence-corrected chi connectivity index (χ2v) is 6.82. The van der Waals surface area contributed by atoms with Gasteiger partial charge in [-0.1, -0.05) is 27.7 Å². The third-order valence-corrected chi connectivity index (χ3v) is 3.92. The summed E-state index contributed by atoms with van der Waals surface area (Å²) in [7, 11) is 0. The van der Waals surface area contributed by atoms with Crippen LogP contribution in [-0.4, -0.2) is 53.3 Å². The molecule has 0 spiro atoms. The van der Waals surface area contributed by atoms with Crippen molar-refractivity contribution in [2.45, 2.75) is 65.6 Å². The first-order valence-corrected chi connectivity index (χ1v) is 7.55. The van der Waals surface area contributed by atoms with E-state index < -0.39 is 12.0 Å². The molecule has 6 nitrogen and oxygen atoms in total. The molecule has 2 amide bonds. The number of hydrogen-bond acceptors (Lipinski definition) is 3. The van der Waals surface area contributed by atoms with E-state index in [0.717, 1.165) is 6.42 Å². The zero-order valence-electron chi connectivity index (χ0n) is 13.7. The van der Waals surface area contributed by atoms with E-state index in [2.05, 4.69) is 5.32 Å². The molecule has 3 atom stereocenters. The standard InChI is InChI=1S/C15H28N2O4/c1-6-11-9-21-10(2)8-17(11)14(20)16-12(7-13(18)19)15(3,4)5/h10-12H,6-9H2,1-5H3,(H,16,20)(H,18,19). The van der Waals surface area contributed by atoms with Crippen molar-refractivity contribution in [1.82, 2.24) is 10.2 Å². The largest absolute Gasteiger partial charge is 0.481 e. The molecular weight excluding hydrogens is 272 g/mol. The topological polar surface area (TPSA) is 78.9 Å². The van der Waals surface area contributed by atoms with E-state index in [4.69, 9.17) is 9.84 Å². The third-order valence-electron chi connectivity index (χ3n) is 3.92. The number of urea groups is 1. The molecule has 0 radical (unpaired) electrons. The molecule has 0 aromatic carbocycles. The maximum atomic E-state index is 12.5. The molecule has 0 saturated carbocycles. The van der Waals surface area contributed by atoms with Crippen molar-refractivity contribution in [2.24, 2.45) is 5.41 Å². The maximum absolute atomic E-state index is 12.5. The van der Waals surface area contributed by atoms with Gasteiger partial charge in [-0.15, -0.1) is 0 Å². The van der Waals surface area contributed by atoms with Crippen LogP contribution in [0.2, 0.25) is 0 Å². The first kappa shape index (κ1) is 17.8. The highest BCUT2D eigenvalue weighted by Gasteiger charge is 2.34. The van der Waals surface area contributed by atoms with Crippen LogP contribution in [0.3, 0.4) is 0 Å². The lowest BCUT2D eigenvalue weighted by Gasteiger charge is -2.40. The van der Waals surface area contributed by atoms with Crippen LogP contribution in [0, 0.1) is 5.41 Å². The van der Waals surface area contributed by atoms with Crippen molar-refractivity contribution >= 4 is 12.0 Å². The van der Waals surface area contributed by atoms with Crippen LogP contribution in [0.1, 0.15) is 47.5 Å². The number of hydrogen-bond donors (Lipinski definition) is 2. The average Bonchev–Trinajstić information content (AvgIpc) is 2.36. The summed E-state index contributed by atoms with van der Waals surface area (Å²) in [4.78, 5) is 25.3. The molecule has 21 heavy (non-hydrogen) atoms. The van der Waals surface area contributed by atoms with Crippen LogP contribution < -0.4 is 5.32 Å². The highest BCUT2D eigenvalue weighted by Crippen LogP contribution is 2.23. The number of nitrogens with one attached hydrogen (secondary N) is 1. The Bertz CT molecular complexity index is 378. The fraction of sp³-hybridized carbons (Fsp3) is 0.867. The Morgan fingerprint density at radius 2 is 2.05 bits per heavy atom. The lowest BCUT2D eigenvalue weighted by atomic mass is 9.85. The second kappa shape index (κ2) is 7.11. The lowest BCUT2D eigenvalue weighted by molar-refractivity contribution is -0.138. The molecule has 0 aliphatic carbocycles. The Kier molecular flexibility index (Phi) is 6.01. The number of amides is 2. The smallest absolute Gasteiger partial charge is 0.318 e. The zero-order chi connectivity index (χ0) is 16.2. The summed E-state index contributed by atoms with van der Waals surface area (Å²) >= 11 is 0. The summed E-state index contributed by atoms with van der Waals surface area (Å²) < 4.78 is 5.58. The Labute approximate surface area is 126 Å². The fourth-order valence-electron chi connectivity index (χ4n) is 2.41. The van der Waals surface area contributed by atoms with E-state index in [-0.39, 0.29) is 30.0 Å². The van der Waals surface area contributed by atoms with E-state index in [1.807, 2.05) is 34.6 Å². The Morgan fingerprint density at radius 3 is 2.52 bits per heavy atom. The van der Waals surface area contributed by atoms with Crippen LogP contribution in [0.25, 0.3) is 0 Å². The highest BCUT2D eigenvalue weighted by molar-refractivity contribution is 5.76. The summed E-state index contributed by atoms with van der Waals surface area (Å²) in [6, 6.07) is -0.553. The van der Waals surface area contributed by atoms with Gasteiger partial charge in [-0.25, -0.2) is 4.79 Å². The fourth-order valence-corrected chi connectivity index (χ4v) is 2.41. The van der Waals surface area contributed by atoms with Crippen LogP contribution in [0.5, 0.6) is 0 Å². The quantitative estimate of drug-likeness (QED) is 0.833. The van der Waals surface area contributed by atoms with Crippen molar-refractivity contribution in [3.63, 3.8) is 0 Å². The number of carbonyl (C=O) groups excluding carboxylic acids is 1. The van der Waals surface area contributed by atoms with E-state index in [1.54, 1.807) is 4.90 Å². The van der Waals surface area contributed by atoms with Crippen LogP contribution in [0.4, 0.5) is 4.79 Å². The van der Waals surface area contributed by atoms with Gasteiger partial charge in [0, 0.05) is 12.6 Å². The van der Waals surface area contributed by atoms with Crippen LogP contribution >= 0.6 is 0 Å². The number of aliphatic carboxylic acids is 1. The number of nitrogens with zero attached hydrogens (tertiary/aromatic N) is 1. The Hall–Kier alpha value is -1.30. The molecule has 1 rings (SSSR count). The lowest BCUT2D eigenvalue weighted by Crippen LogP contribution is -2.57. The molecule has 6 heteroatoms. The van der Waals surface area contributed by atoms with Gasteiger partial charge in [-0.2, -0.15) is 0 Å². The van der Waals surface area contributed by atoms with Gasteiger partial charge in [0.15, 0.2) is 0 Å². The van der Waals surface area contributed by atoms with Gasteiger partial charge < -0.3 is 20.1 Å². The molecule has 1 saturated heterocycles. The van der Waals surface area contributed by atoms with E-state index >= 15 is 0 Å². The SMILES string of the molecule is CCC1COC(C)CN1C(=O)NC(CC(=O)O)C(C)(C)C. The molecule has 1 aliphatic rings. The highest BCUT2D eigenvalue weighted by atomic mass is 16.5. The molecule has 2 N–H and O–H groups in total. The molecule has 1 fully saturated rings. The number of rotatable bonds is 4.